The summed E-state index contributed by atoms with van der Waals surface area (Å²) in [7, 11) is 0. The molecule has 11 nitrogen and oxygen atoms in total. The Morgan fingerprint density at radius 3 is 1.43 bits per heavy atom. The van der Waals surface area contributed by atoms with Crippen LogP contribution in [0.15, 0.2) is 0 Å². The lowest BCUT2D eigenvalue weighted by Crippen LogP contribution is -2.54. The Labute approximate surface area is 162 Å². The van der Waals surface area contributed by atoms with E-state index in [1.807, 2.05) is 0 Å². The molecule has 1 N–H and O–H groups in total. The number of rotatable bonds is 10. The van der Waals surface area contributed by atoms with E-state index < -0.39 is 60.4 Å². The van der Waals surface area contributed by atoms with Crippen LogP contribution in [0.5, 0.6) is 0 Å². The third-order valence-corrected chi connectivity index (χ3v) is 3.23. The monoisotopic (exact) mass is 406 g/mol. The molecular weight excluding hydrogens is 380 g/mol. The van der Waals surface area contributed by atoms with Crippen LogP contribution in [0.1, 0.15) is 41.5 Å². The number of aliphatic hydroxyl groups excluding tert-OH is 1. The van der Waals surface area contributed by atoms with E-state index in [1.165, 1.54) is 13.8 Å². The molecule has 0 aliphatic heterocycles. The third kappa shape index (κ3) is 9.86. The second-order valence-electron chi connectivity index (χ2n) is 6.00. The van der Waals surface area contributed by atoms with E-state index in [0.717, 1.165) is 27.7 Å². The zero-order valence-corrected chi connectivity index (χ0v) is 16.6. The highest BCUT2D eigenvalue weighted by Gasteiger charge is 2.45. The van der Waals surface area contributed by atoms with E-state index in [2.05, 4.69) is 4.74 Å². The minimum absolute atomic E-state index is 0.235. The molecule has 0 rings (SSSR count). The molecule has 0 heterocycles. The van der Waals surface area contributed by atoms with Crippen molar-refractivity contribution in [1.82, 2.24) is 0 Å². The molecule has 160 valence electrons. The number of aliphatic hydroxyl groups is 1. The lowest BCUT2D eigenvalue weighted by molar-refractivity contribution is -0.230. The first-order chi connectivity index (χ1) is 12.8. The Bertz CT molecular complexity index is 586. The molecule has 0 radical (unpaired) electrons. The summed E-state index contributed by atoms with van der Waals surface area (Å²) in [4.78, 5) is 56.9. The standard InChI is InChI=1S/C17H26O11/c1-8(7-24-9(2)18)14(25-10(3)19)15(26-11(4)20)16(27-12(5)21)17(23)28-13(6)22/h8,14-17,23H,7H2,1-6H3/t8?,14-,15?,16?,17+/m1/s1. The smallest absolute Gasteiger partial charge is 0.305 e. The Morgan fingerprint density at radius 2 is 1.04 bits per heavy atom. The minimum Gasteiger partial charge on any atom is -0.465 e. The highest BCUT2D eigenvalue weighted by atomic mass is 16.7. The van der Waals surface area contributed by atoms with E-state index >= 15 is 0 Å². The number of hydrogen-bond donors (Lipinski definition) is 1. The fourth-order valence-corrected chi connectivity index (χ4v) is 2.27. The number of hydrogen-bond acceptors (Lipinski definition) is 11. The molecule has 0 aromatic heterocycles. The van der Waals surface area contributed by atoms with Crippen LogP contribution in [0.2, 0.25) is 0 Å². The summed E-state index contributed by atoms with van der Waals surface area (Å²) in [6.45, 7) is 6.58. The number of carbonyl (C=O) groups excluding carboxylic acids is 5. The van der Waals surface area contributed by atoms with Crippen LogP contribution in [-0.2, 0) is 47.7 Å². The van der Waals surface area contributed by atoms with Crippen LogP contribution < -0.4 is 0 Å². The Morgan fingerprint density at radius 1 is 0.643 bits per heavy atom. The maximum atomic E-state index is 11.6. The minimum atomic E-state index is -2.02. The molecule has 28 heavy (non-hydrogen) atoms. The molecule has 11 heteroatoms. The molecule has 3 unspecified atom stereocenters. The predicted octanol–water partition coefficient (Wildman–Crippen LogP) is -0.138. The first-order valence-corrected chi connectivity index (χ1v) is 8.35. The highest BCUT2D eigenvalue weighted by Crippen LogP contribution is 2.23. The van der Waals surface area contributed by atoms with E-state index in [-0.39, 0.29) is 6.61 Å². The van der Waals surface area contributed by atoms with Gasteiger partial charge >= 0.3 is 29.8 Å². The van der Waals surface area contributed by atoms with Gasteiger partial charge in [-0.3, -0.25) is 24.0 Å². The number of carbonyl (C=O) groups is 5. The van der Waals surface area contributed by atoms with Crippen LogP contribution >= 0.6 is 0 Å². The van der Waals surface area contributed by atoms with Crippen molar-refractivity contribution in [1.29, 1.82) is 0 Å². The molecular formula is C17H26O11. The summed E-state index contributed by atoms with van der Waals surface area (Å²) in [5.41, 5.74) is 0. The Hall–Kier alpha value is -2.69. The van der Waals surface area contributed by atoms with Crippen LogP contribution in [-0.4, -0.2) is 66.2 Å². The quantitative estimate of drug-likeness (QED) is 0.293. The summed E-state index contributed by atoms with van der Waals surface area (Å²) in [5, 5.41) is 10.2. The number of esters is 5. The van der Waals surface area contributed by atoms with Crippen molar-refractivity contribution >= 4 is 29.8 Å². The zero-order chi connectivity index (χ0) is 22.0. The molecule has 0 aliphatic rings. The van der Waals surface area contributed by atoms with Gasteiger partial charge in [-0.15, -0.1) is 0 Å². The largest absolute Gasteiger partial charge is 0.465 e. The van der Waals surface area contributed by atoms with Crippen LogP contribution in [0.4, 0.5) is 0 Å². The van der Waals surface area contributed by atoms with Gasteiger partial charge in [0.15, 0.2) is 6.10 Å². The van der Waals surface area contributed by atoms with Gasteiger partial charge < -0.3 is 28.8 Å². The molecule has 0 aromatic carbocycles. The molecule has 0 saturated carbocycles. The molecule has 0 bridgehead atoms. The van der Waals surface area contributed by atoms with E-state index in [4.69, 9.17) is 18.9 Å². The van der Waals surface area contributed by atoms with Crippen molar-refractivity contribution in [2.45, 2.75) is 66.1 Å². The molecule has 0 spiro atoms. The van der Waals surface area contributed by atoms with E-state index in [1.54, 1.807) is 0 Å². The maximum Gasteiger partial charge on any atom is 0.305 e. The van der Waals surface area contributed by atoms with Crippen molar-refractivity contribution in [2.75, 3.05) is 6.61 Å². The highest BCUT2D eigenvalue weighted by molar-refractivity contribution is 5.69. The summed E-state index contributed by atoms with van der Waals surface area (Å²) in [5.74, 6) is -4.77. The fraction of sp³-hybridized carbons (Fsp3) is 0.706. The topological polar surface area (TPSA) is 152 Å². The SMILES string of the molecule is CC(=O)OCC(C)[C@@H](OC(C)=O)C(OC(C)=O)C(OC(C)=O)[C@@H](O)OC(C)=O. The van der Waals surface area contributed by atoms with Crippen molar-refractivity contribution in [2.24, 2.45) is 5.92 Å². The Balaban J connectivity index is 5.99. The first-order valence-electron chi connectivity index (χ1n) is 8.35. The predicted molar refractivity (Wildman–Crippen MR) is 90.2 cm³/mol. The molecule has 0 amide bonds. The molecule has 0 aliphatic carbocycles. The average molecular weight is 406 g/mol. The lowest BCUT2D eigenvalue weighted by atomic mass is 9.95. The average Bonchev–Trinajstić information content (AvgIpc) is 2.52. The van der Waals surface area contributed by atoms with Gasteiger partial charge in [-0.05, 0) is 0 Å². The number of ether oxygens (including phenoxy) is 5. The second-order valence-corrected chi connectivity index (χ2v) is 6.00. The van der Waals surface area contributed by atoms with E-state index in [9.17, 15) is 29.1 Å². The van der Waals surface area contributed by atoms with Crippen molar-refractivity contribution < 1.29 is 52.8 Å². The van der Waals surface area contributed by atoms with Gasteiger partial charge in [0.05, 0.1) is 6.61 Å². The van der Waals surface area contributed by atoms with Crippen molar-refractivity contribution in [3.05, 3.63) is 0 Å². The summed E-state index contributed by atoms with van der Waals surface area (Å²) >= 11 is 0. The third-order valence-electron chi connectivity index (χ3n) is 3.23. The van der Waals surface area contributed by atoms with Gasteiger partial charge in [-0.2, -0.15) is 0 Å². The summed E-state index contributed by atoms with van der Waals surface area (Å²) in [6.07, 6.45) is -6.61. The molecule has 0 fully saturated rings. The maximum absolute atomic E-state index is 11.6. The Kier molecular flexibility index (Phi) is 10.8. The van der Waals surface area contributed by atoms with Gasteiger partial charge in [0, 0.05) is 40.5 Å². The van der Waals surface area contributed by atoms with Crippen molar-refractivity contribution in [3.63, 3.8) is 0 Å². The van der Waals surface area contributed by atoms with Gasteiger partial charge in [0.1, 0.15) is 6.10 Å². The van der Waals surface area contributed by atoms with Crippen LogP contribution in [0.3, 0.4) is 0 Å². The van der Waals surface area contributed by atoms with Crippen molar-refractivity contribution in [3.8, 4) is 0 Å². The van der Waals surface area contributed by atoms with Gasteiger partial charge in [-0.1, -0.05) is 6.92 Å². The fourth-order valence-electron chi connectivity index (χ4n) is 2.27. The van der Waals surface area contributed by atoms with Crippen LogP contribution in [0, 0.1) is 5.92 Å². The van der Waals surface area contributed by atoms with E-state index in [0.29, 0.717) is 0 Å². The first kappa shape index (κ1) is 25.3. The normalized spacial score (nSPS) is 15.8. The molecule has 0 aromatic rings. The van der Waals surface area contributed by atoms with Crippen LogP contribution in [0.25, 0.3) is 0 Å². The van der Waals surface area contributed by atoms with Gasteiger partial charge in [0.2, 0.25) is 12.4 Å². The summed E-state index contributed by atoms with van der Waals surface area (Å²) in [6, 6.07) is 0. The summed E-state index contributed by atoms with van der Waals surface area (Å²) < 4.78 is 24.8. The zero-order valence-electron chi connectivity index (χ0n) is 16.6. The lowest BCUT2D eigenvalue weighted by Gasteiger charge is -2.35. The molecule has 0 saturated heterocycles. The van der Waals surface area contributed by atoms with Gasteiger partial charge in [-0.25, -0.2) is 0 Å². The molecule has 5 atom stereocenters. The second kappa shape index (κ2) is 11.9. The van der Waals surface area contributed by atoms with Gasteiger partial charge in [0.25, 0.3) is 0 Å².